The smallest absolute Gasteiger partial charge is 0.272 e. The topological polar surface area (TPSA) is 110 Å². The molecule has 0 radical (unpaired) electrons. The molecule has 0 saturated heterocycles. The van der Waals surface area contributed by atoms with Crippen molar-refractivity contribution in [2.75, 3.05) is 17.2 Å². The maximum Gasteiger partial charge on any atom is 0.272 e. The molecule has 3 aromatic carbocycles. The van der Waals surface area contributed by atoms with Crippen LogP contribution in [0.5, 0.6) is 5.75 Å². The van der Waals surface area contributed by atoms with E-state index in [0.29, 0.717) is 29.3 Å². The van der Waals surface area contributed by atoms with Gasteiger partial charge in [0.05, 0.1) is 18.1 Å². The molecule has 3 N–H and O–H groups in total. The van der Waals surface area contributed by atoms with Crippen LogP contribution >= 0.6 is 11.8 Å². The molecule has 1 aromatic heterocycles. The number of anilines is 2. The number of hydrogen-bond acceptors (Lipinski definition) is 6. The first-order chi connectivity index (χ1) is 19.4. The van der Waals surface area contributed by atoms with E-state index in [0.717, 1.165) is 10.6 Å². The minimum absolute atomic E-state index is 0.0185. The summed E-state index contributed by atoms with van der Waals surface area (Å²) in [5.41, 5.74) is 1.62. The van der Waals surface area contributed by atoms with E-state index in [4.69, 9.17) is 9.15 Å². The first kappa shape index (κ1) is 28.3. The minimum atomic E-state index is -0.524. The summed E-state index contributed by atoms with van der Waals surface area (Å²) in [6.07, 6.45) is 2.94. The first-order valence-electron chi connectivity index (χ1n) is 12.6. The molecule has 204 valence electrons. The summed E-state index contributed by atoms with van der Waals surface area (Å²) < 4.78 is 10.8. The Morgan fingerprint density at radius 2 is 1.68 bits per heavy atom. The van der Waals surface area contributed by atoms with Crippen LogP contribution in [-0.4, -0.2) is 29.6 Å². The number of carbonyl (C=O) groups excluding carboxylic acids is 3. The number of benzene rings is 3. The van der Waals surface area contributed by atoms with Crippen LogP contribution in [0.25, 0.3) is 6.08 Å². The van der Waals surface area contributed by atoms with Gasteiger partial charge in [-0.15, -0.1) is 11.8 Å². The van der Waals surface area contributed by atoms with E-state index in [1.54, 1.807) is 84.9 Å². The number of furan rings is 1. The molecule has 0 spiro atoms. The fourth-order valence-electron chi connectivity index (χ4n) is 3.61. The van der Waals surface area contributed by atoms with Crippen molar-refractivity contribution in [2.45, 2.75) is 24.0 Å². The molecule has 0 saturated carbocycles. The lowest BCUT2D eigenvalue weighted by molar-refractivity contribution is -0.115. The third kappa shape index (κ3) is 8.12. The third-order valence-corrected chi connectivity index (χ3v) is 6.66. The van der Waals surface area contributed by atoms with Gasteiger partial charge in [0.2, 0.25) is 5.91 Å². The van der Waals surface area contributed by atoms with E-state index < -0.39 is 17.1 Å². The zero-order chi connectivity index (χ0) is 28.3. The second-order valence-corrected chi connectivity index (χ2v) is 10.00. The number of rotatable bonds is 11. The molecule has 0 aliphatic heterocycles. The number of thioether (sulfide) groups is 1. The van der Waals surface area contributed by atoms with Crippen molar-refractivity contribution in [1.82, 2.24) is 5.32 Å². The highest BCUT2D eigenvalue weighted by Gasteiger charge is 2.18. The molecule has 1 atom stereocenters. The van der Waals surface area contributed by atoms with E-state index in [9.17, 15) is 14.4 Å². The van der Waals surface area contributed by atoms with Crippen LogP contribution in [0.3, 0.4) is 0 Å². The highest BCUT2D eigenvalue weighted by molar-refractivity contribution is 8.00. The molecular weight excluding hydrogens is 526 g/mol. The maximum absolute atomic E-state index is 13.2. The van der Waals surface area contributed by atoms with Crippen LogP contribution in [0.1, 0.15) is 30.0 Å². The van der Waals surface area contributed by atoms with Crippen molar-refractivity contribution in [3.05, 3.63) is 114 Å². The van der Waals surface area contributed by atoms with Crippen molar-refractivity contribution in [1.29, 1.82) is 0 Å². The van der Waals surface area contributed by atoms with Gasteiger partial charge < -0.3 is 25.1 Å². The van der Waals surface area contributed by atoms with Gasteiger partial charge in [0, 0.05) is 27.9 Å². The minimum Gasteiger partial charge on any atom is -0.494 e. The fourth-order valence-corrected chi connectivity index (χ4v) is 4.53. The summed E-state index contributed by atoms with van der Waals surface area (Å²) in [5, 5.41) is 7.99. The summed E-state index contributed by atoms with van der Waals surface area (Å²) in [5.74, 6) is 0.0454. The SMILES string of the molecule is CCOc1ccc(NC(=O)C(C)Sc2cccc(NC(=O)/C(=C/c3ccco3)NC(=O)c3ccccc3)c2)cc1. The summed E-state index contributed by atoms with van der Waals surface area (Å²) in [6.45, 7) is 4.29. The predicted molar refractivity (Wildman–Crippen MR) is 157 cm³/mol. The van der Waals surface area contributed by atoms with E-state index in [2.05, 4.69) is 16.0 Å². The van der Waals surface area contributed by atoms with Gasteiger partial charge in [-0.05, 0) is 80.6 Å². The van der Waals surface area contributed by atoms with Crippen LogP contribution in [0.15, 0.2) is 112 Å². The van der Waals surface area contributed by atoms with Gasteiger partial charge in [-0.1, -0.05) is 24.3 Å². The Hall–Kier alpha value is -4.76. The summed E-state index contributed by atoms with van der Waals surface area (Å²) in [4.78, 5) is 39.5. The molecule has 0 aliphatic rings. The average molecular weight is 556 g/mol. The third-order valence-electron chi connectivity index (χ3n) is 5.57. The van der Waals surface area contributed by atoms with Crippen LogP contribution in [0, 0.1) is 0 Å². The fraction of sp³-hybridized carbons (Fsp3) is 0.129. The molecule has 1 heterocycles. The van der Waals surface area contributed by atoms with Gasteiger partial charge in [-0.25, -0.2) is 0 Å². The van der Waals surface area contributed by atoms with Crippen LogP contribution < -0.4 is 20.7 Å². The Kier molecular flexibility index (Phi) is 9.79. The molecule has 1 unspecified atom stereocenters. The Bertz CT molecular complexity index is 1470. The Morgan fingerprint density at radius 3 is 2.38 bits per heavy atom. The lowest BCUT2D eigenvalue weighted by atomic mass is 10.2. The van der Waals surface area contributed by atoms with Crippen LogP contribution in [0.2, 0.25) is 0 Å². The zero-order valence-corrected chi connectivity index (χ0v) is 22.9. The number of hydrogen-bond donors (Lipinski definition) is 3. The molecule has 40 heavy (non-hydrogen) atoms. The number of nitrogens with one attached hydrogen (secondary N) is 3. The number of ether oxygens (including phenoxy) is 1. The largest absolute Gasteiger partial charge is 0.494 e. The monoisotopic (exact) mass is 555 g/mol. The van der Waals surface area contributed by atoms with E-state index in [-0.39, 0.29) is 11.6 Å². The van der Waals surface area contributed by atoms with Crippen LogP contribution in [0.4, 0.5) is 11.4 Å². The Morgan fingerprint density at radius 1 is 0.900 bits per heavy atom. The van der Waals surface area contributed by atoms with Crippen LogP contribution in [-0.2, 0) is 9.59 Å². The van der Waals surface area contributed by atoms with E-state index >= 15 is 0 Å². The first-order valence-corrected chi connectivity index (χ1v) is 13.5. The van der Waals surface area contributed by atoms with E-state index in [1.807, 2.05) is 19.9 Å². The summed E-state index contributed by atoms with van der Waals surface area (Å²) in [6, 6.07) is 26.3. The van der Waals surface area contributed by atoms with Gasteiger partial charge in [-0.2, -0.15) is 0 Å². The van der Waals surface area contributed by atoms with Crippen molar-refractivity contribution >= 4 is 46.9 Å². The number of amides is 3. The molecular formula is C31H29N3O5S. The van der Waals surface area contributed by atoms with Crippen molar-refractivity contribution < 1.29 is 23.5 Å². The molecule has 0 fully saturated rings. The Labute approximate surface area is 236 Å². The van der Waals surface area contributed by atoms with E-state index in [1.165, 1.54) is 24.1 Å². The van der Waals surface area contributed by atoms with Gasteiger partial charge in [0.1, 0.15) is 17.2 Å². The molecule has 8 nitrogen and oxygen atoms in total. The van der Waals surface area contributed by atoms with Gasteiger partial charge in [-0.3, -0.25) is 14.4 Å². The quantitative estimate of drug-likeness (QED) is 0.150. The van der Waals surface area contributed by atoms with Gasteiger partial charge in [0.15, 0.2) is 0 Å². The lowest BCUT2D eigenvalue weighted by Gasteiger charge is -2.14. The van der Waals surface area contributed by atoms with Crippen molar-refractivity contribution in [3.8, 4) is 5.75 Å². The van der Waals surface area contributed by atoms with Crippen molar-refractivity contribution in [2.24, 2.45) is 0 Å². The molecule has 4 rings (SSSR count). The standard InChI is InChI=1S/C31H29N3O5S/c1-3-38-25-16-14-23(15-17-25)32-29(35)21(2)40-27-13-7-11-24(19-27)33-31(37)28(20-26-12-8-18-39-26)34-30(36)22-9-5-4-6-10-22/h4-21H,3H2,1-2H3,(H,32,35)(H,33,37)(H,34,36)/b28-20-. The highest BCUT2D eigenvalue weighted by Crippen LogP contribution is 2.27. The normalized spacial score (nSPS) is 11.8. The Balaban J connectivity index is 1.41. The molecule has 0 bridgehead atoms. The molecule has 0 aliphatic carbocycles. The molecule has 9 heteroatoms. The van der Waals surface area contributed by atoms with Gasteiger partial charge >= 0.3 is 0 Å². The highest BCUT2D eigenvalue weighted by atomic mass is 32.2. The summed E-state index contributed by atoms with van der Waals surface area (Å²) >= 11 is 1.36. The lowest BCUT2D eigenvalue weighted by Crippen LogP contribution is -2.30. The van der Waals surface area contributed by atoms with Gasteiger partial charge in [0.25, 0.3) is 11.8 Å². The summed E-state index contributed by atoms with van der Waals surface area (Å²) in [7, 11) is 0. The molecule has 3 amide bonds. The predicted octanol–water partition coefficient (Wildman–Crippen LogP) is 6.21. The maximum atomic E-state index is 13.2. The molecule has 4 aromatic rings. The zero-order valence-electron chi connectivity index (χ0n) is 22.0. The second kappa shape index (κ2) is 13.9. The van der Waals surface area contributed by atoms with Crippen molar-refractivity contribution in [3.63, 3.8) is 0 Å². The number of carbonyl (C=O) groups is 3. The second-order valence-electron chi connectivity index (χ2n) is 8.58. The average Bonchev–Trinajstić information content (AvgIpc) is 3.48.